The lowest BCUT2D eigenvalue weighted by Gasteiger charge is -2.03. The Hall–Kier alpha value is -2.86. The second-order valence-electron chi connectivity index (χ2n) is 4.63. The third-order valence-corrected chi connectivity index (χ3v) is 3.39. The van der Waals surface area contributed by atoms with E-state index in [1.54, 1.807) is 36.2 Å². The standard InChI is InChI=1S/C16H14ClN5O/c1-23-15-8-4-13(5-9-15)18-11-10-16-19-20-21-22(16)14-6-2-12(17)3-7-14/h2-11,18H,1H3/b11-10-. The molecule has 0 unspecified atom stereocenters. The predicted molar refractivity (Wildman–Crippen MR) is 89.8 cm³/mol. The van der Waals surface area contributed by atoms with Crippen molar-refractivity contribution < 1.29 is 4.74 Å². The van der Waals surface area contributed by atoms with E-state index in [0.717, 1.165) is 17.1 Å². The highest BCUT2D eigenvalue weighted by molar-refractivity contribution is 6.30. The number of hydrogen-bond donors (Lipinski definition) is 1. The second kappa shape index (κ2) is 6.93. The van der Waals surface area contributed by atoms with E-state index in [4.69, 9.17) is 16.3 Å². The summed E-state index contributed by atoms with van der Waals surface area (Å²) in [4.78, 5) is 0. The smallest absolute Gasteiger partial charge is 0.181 e. The number of ether oxygens (including phenoxy) is 1. The third kappa shape index (κ3) is 3.67. The molecule has 0 aliphatic rings. The van der Waals surface area contributed by atoms with Crippen LogP contribution in [0.5, 0.6) is 5.75 Å². The van der Waals surface area contributed by atoms with Crippen molar-refractivity contribution in [3.8, 4) is 11.4 Å². The van der Waals surface area contributed by atoms with Gasteiger partial charge < -0.3 is 10.1 Å². The molecule has 0 fully saturated rings. The minimum Gasteiger partial charge on any atom is -0.497 e. The number of halogens is 1. The van der Waals surface area contributed by atoms with Gasteiger partial charge >= 0.3 is 0 Å². The van der Waals surface area contributed by atoms with E-state index < -0.39 is 0 Å². The molecule has 0 saturated heterocycles. The van der Waals surface area contributed by atoms with Gasteiger partial charge in [0.2, 0.25) is 0 Å². The lowest BCUT2D eigenvalue weighted by atomic mass is 10.3. The molecule has 3 rings (SSSR count). The van der Waals surface area contributed by atoms with Gasteiger partial charge in [-0.15, -0.1) is 5.10 Å². The average Bonchev–Trinajstić information content (AvgIpc) is 3.05. The Morgan fingerprint density at radius 1 is 1.09 bits per heavy atom. The fourth-order valence-corrected chi connectivity index (χ4v) is 2.09. The second-order valence-corrected chi connectivity index (χ2v) is 5.07. The fraction of sp³-hybridized carbons (Fsp3) is 0.0625. The lowest BCUT2D eigenvalue weighted by Crippen LogP contribution is -1.99. The zero-order chi connectivity index (χ0) is 16.1. The van der Waals surface area contributed by atoms with Crippen LogP contribution in [0.2, 0.25) is 5.02 Å². The molecule has 0 spiro atoms. The van der Waals surface area contributed by atoms with Crippen molar-refractivity contribution in [3.63, 3.8) is 0 Å². The summed E-state index contributed by atoms with van der Waals surface area (Å²) >= 11 is 5.89. The first kappa shape index (κ1) is 15.1. The van der Waals surface area contributed by atoms with Crippen LogP contribution in [0.4, 0.5) is 5.69 Å². The maximum Gasteiger partial charge on any atom is 0.181 e. The summed E-state index contributed by atoms with van der Waals surface area (Å²) < 4.78 is 6.75. The normalized spacial score (nSPS) is 10.9. The first-order valence-corrected chi connectivity index (χ1v) is 7.25. The SMILES string of the molecule is COc1ccc(N/C=C\c2nnnn2-c2ccc(Cl)cc2)cc1. The van der Waals surface area contributed by atoms with E-state index in [2.05, 4.69) is 20.8 Å². The Bertz CT molecular complexity index is 796. The Morgan fingerprint density at radius 2 is 1.83 bits per heavy atom. The maximum absolute atomic E-state index is 5.89. The Morgan fingerprint density at radius 3 is 2.52 bits per heavy atom. The molecule has 1 aromatic heterocycles. The van der Waals surface area contributed by atoms with Gasteiger partial charge in [-0.2, -0.15) is 4.68 Å². The van der Waals surface area contributed by atoms with Crippen molar-refractivity contribution in [2.24, 2.45) is 0 Å². The summed E-state index contributed by atoms with van der Waals surface area (Å²) in [6.45, 7) is 0. The van der Waals surface area contributed by atoms with E-state index >= 15 is 0 Å². The molecule has 2 aromatic carbocycles. The van der Waals surface area contributed by atoms with Crippen molar-refractivity contribution >= 4 is 23.4 Å². The number of rotatable bonds is 5. The van der Waals surface area contributed by atoms with E-state index in [9.17, 15) is 0 Å². The third-order valence-electron chi connectivity index (χ3n) is 3.14. The molecule has 0 radical (unpaired) electrons. The van der Waals surface area contributed by atoms with E-state index in [-0.39, 0.29) is 0 Å². The summed E-state index contributed by atoms with van der Waals surface area (Å²) in [6, 6.07) is 14.9. The molecular weight excluding hydrogens is 314 g/mol. The van der Waals surface area contributed by atoms with Crippen molar-refractivity contribution in [1.82, 2.24) is 20.2 Å². The minimum atomic E-state index is 0.605. The molecule has 7 heteroatoms. The van der Waals surface area contributed by atoms with E-state index in [1.165, 1.54) is 0 Å². The van der Waals surface area contributed by atoms with Gasteiger partial charge in [0.05, 0.1) is 12.8 Å². The van der Waals surface area contributed by atoms with Gasteiger partial charge in [0.15, 0.2) is 5.82 Å². The molecule has 0 aliphatic heterocycles. The largest absolute Gasteiger partial charge is 0.497 e. The molecule has 3 aromatic rings. The van der Waals surface area contributed by atoms with Gasteiger partial charge in [0.25, 0.3) is 0 Å². The van der Waals surface area contributed by atoms with Crippen molar-refractivity contribution in [3.05, 3.63) is 65.6 Å². The molecule has 1 heterocycles. The van der Waals surface area contributed by atoms with Gasteiger partial charge in [-0.3, -0.25) is 0 Å². The summed E-state index contributed by atoms with van der Waals surface area (Å²) in [5, 5.41) is 15.5. The van der Waals surface area contributed by atoms with Crippen LogP contribution in [0.15, 0.2) is 54.7 Å². The van der Waals surface area contributed by atoms with Crippen LogP contribution in [-0.4, -0.2) is 27.3 Å². The van der Waals surface area contributed by atoms with Crippen LogP contribution in [0.25, 0.3) is 11.8 Å². The van der Waals surface area contributed by atoms with Gasteiger partial charge in [0, 0.05) is 23.0 Å². The molecule has 1 N–H and O–H groups in total. The lowest BCUT2D eigenvalue weighted by molar-refractivity contribution is 0.415. The van der Waals surface area contributed by atoms with E-state index in [1.807, 2.05) is 36.4 Å². The molecule has 6 nitrogen and oxygen atoms in total. The number of methoxy groups -OCH3 is 1. The zero-order valence-electron chi connectivity index (χ0n) is 12.3. The topological polar surface area (TPSA) is 64.9 Å². The highest BCUT2D eigenvalue weighted by Gasteiger charge is 2.04. The van der Waals surface area contributed by atoms with Crippen molar-refractivity contribution in [2.75, 3.05) is 12.4 Å². The highest BCUT2D eigenvalue weighted by atomic mass is 35.5. The number of nitrogens with one attached hydrogen (secondary N) is 1. The van der Waals surface area contributed by atoms with Crippen molar-refractivity contribution in [2.45, 2.75) is 0 Å². The minimum absolute atomic E-state index is 0.605. The molecule has 0 atom stereocenters. The molecule has 116 valence electrons. The fourth-order valence-electron chi connectivity index (χ4n) is 1.96. The summed E-state index contributed by atoms with van der Waals surface area (Å²) in [6.07, 6.45) is 3.57. The molecule has 0 aliphatic carbocycles. The monoisotopic (exact) mass is 327 g/mol. The molecule has 23 heavy (non-hydrogen) atoms. The van der Waals surface area contributed by atoms with Gasteiger partial charge in [-0.25, -0.2) is 0 Å². The Kier molecular flexibility index (Phi) is 4.54. The highest BCUT2D eigenvalue weighted by Crippen LogP contribution is 2.16. The van der Waals surface area contributed by atoms with Gasteiger partial charge in [0.1, 0.15) is 5.75 Å². The first-order valence-electron chi connectivity index (χ1n) is 6.88. The maximum atomic E-state index is 5.89. The van der Waals surface area contributed by atoms with Crippen LogP contribution in [0.3, 0.4) is 0 Å². The van der Waals surface area contributed by atoms with E-state index in [0.29, 0.717) is 10.8 Å². The van der Waals surface area contributed by atoms with Crippen LogP contribution in [-0.2, 0) is 0 Å². The quantitative estimate of drug-likeness (QED) is 0.778. The molecule has 0 saturated carbocycles. The number of benzene rings is 2. The van der Waals surface area contributed by atoms with Gasteiger partial charge in [-0.1, -0.05) is 11.6 Å². The van der Waals surface area contributed by atoms with Crippen LogP contribution >= 0.6 is 11.6 Å². The van der Waals surface area contributed by atoms with Crippen LogP contribution in [0.1, 0.15) is 5.82 Å². The number of anilines is 1. The number of aromatic nitrogens is 4. The first-order chi connectivity index (χ1) is 11.3. The zero-order valence-corrected chi connectivity index (χ0v) is 13.1. The predicted octanol–water partition coefficient (Wildman–Crippen LogP) is 3.41. The summed E-state index contributed by atoms with van der Waals surface area (Å²) in [7, 11) is 1.64. The molecule has 0 amide bonds. The van der Waals surface area contributed by atoms with Crippen LogP contribution < -0.4 is 10.1 Å². The summed E-state index contributed by atoms with van der Waals surface area (Å²) in [5.41, 5.74) is 1.77. The Balaban J connectivity index is 1.73. The number of tetrazole rings is 1. The summed E-state index contributed by atoms with van der Waals surface area (Å²) in [5.74, 6) is 1.42. The number of nitrogens with zero attached hydrogens (tertiary/aromatic N) is 4. The number of hydrogen-bond acceptors (Lipinski definition) is 5. The van der Waals surface area contributed by atoms with Crippen LogP contribution in [0, 0.1) is 0 Å². The van der Waals surface area contributed by atoms with Crippen molar-refractivity contribution in [1.29, 1.82) is 0 Å². The Labute approximate surface area is 138 Å². The van der Waals surface area contributed by atoms with Gasteiger partial charge in [-0.05, 0) is 59.0 Å². The molecule has 0 bridgehead atoms. The average molecular weight is 328 g/mol. The molecular formula is C16H14ClN5O.